The molecule has 0 radical (unpaired) electrons. The largest absolute Gasteiger partial charge is 0.469 e. The molecule has 0 spiro atoms. The highest BCUT2D eigenvalue weighted by Crippen LogP contribution is 2.22. The van der Waals surface area contributed by atoms with Crippen molar-refractivity contribution in [3.8, 4) is 6.07 Å². The summed E-state index contributed by atoms with van der Waals surface area (Å²) in [5.74, 6) is 0.567. The number of rotatable bonds is 4. The second-order valence-corrected chi connectivity index (χ2v) is 3.97. The summed E-state index contributed by atoms with van der Waals surface area (Å²) in [6.45, 7) is 4.40. The Kier molecular flexibility index (Phi) is 3.51. The summed E-state index contributed by atoms with van der Waals surface area (Å²) >= 11 is 0. The highest BCUT2D eigenvalue weighted by molar-refractivity contribution is 5.78. The van der Waals surface area contributed by atoms with Crippen molar-refractivity contribution in [2.45, 2.75) is 25.7 Å². The van der Waals surface area contributed by atoms with Crippen LogP contribution in [0.25, 0.3) is 0 Å². The van der Waals surface area contributed by atoms with Crippen LogP contribution in [0.3, 0.4) is 0 Å². The quantitative estimate of drug-likeness (QED) is 0.813. The summed E-state index contributed by atoms with van der Waals surface area (Å²) in [7, 11) is 0. The zero-order valence-corrected chi connectivity index (χ0v) is 8.91. The molecule has 0 aliphatic heterocycles. The minimum Gasteiger partial charge on any atom is -0.469 e. The Bertz CT molecular complexity index is 360. The van der Waals surface area contributed by atoms with Crippen molar-refractivity contribution < 1.29 is 9.21 Å². The van der Waals surface area contributed by atoms with Gasteiger partial charge in [-0.3, -0.25) is 4.79 Å². The number of nitriles is 1. The summed E-state index contributed by atoms with van der Waals surface area (Å²) in [5.41, 5.74) is -0.255. The van der Waals surface area contributed by atoms with E-state index in [4.69, 9.17) is 9.68 Å². The molecule has 0 aromatic carbocycles. The van der Waals surface area contributed by atoms with E-state index in [2.05, 4.69) is 5.32 Å². The summed E-state index contributed by atoms with van der Waals surface area (Å²) in [5, 5.41) is 11.0. The fraction of sp³-hybridized carbons (Fsp3) is 0.455. The molecular weight excluding hydrogens is 192 g/mol. The summed E-state index contributed by atoms with van der Waals surface area (Å²) in [4.78, 5) is 11.1. The fourth-order valence-electron chi connectivity index (χ4n) is 1.20. The fourth-order valence-corrected chi connectivity index (χ4v) is 1.20. The van der Waals surface area contributed by atoms with Crippen molar-refractivity contribution in [1.29, 1.82) is 5.26 Å². The van der Waals surface area contributed by atoms with Gasteiger partial charge in [0.25, 0.3) is 0 Å². The molecule has 0 fully saturated rings. The normalized spacial score (nSPS) is 10.7. The maximum Gasteiger partial charge on any atom is 0.234 e. The lowest BCUT2D eigenvalue weighted by atomic mass is 9.90. The first-order valence-corrected chi connectivity index (χ1v) is 4.74. The Morgan fingerprint density at radius 1 is 1.67 bits per heavy atom. The van der Waals surface area contributed by atoms with E-state index < -0.39 is 0 Å². The lowest BCUT2D eigenvalue weighted by Gasteiger charge is -2.22. The summed E-state index contributed by atoms with van der Waals surface area (Å²) in [6, 6.07) is 5.49. The van der Waals surface area contributed by atoms with Crippen LogP contribution < -0.4 is 5.32 Å². The van der Waals surface area contributed by atoms with Gasteiger partial charge in [-0.1, -0.05) is 13.8 Å². The smallest absolute Gasteiger partial charge is 0.234 e. The standard InChI is InChI=1S/C11H14N2O2/c1-11(2,9-4-3-7-15-9)8-13-10(14)5-6-12/h3-4,7H,5,8H2,1-2H3,(H,13,14). The third kappa shape index (κ3) is 3.13. The van der Waals surface area contributed by atoms with Crippen LogP contribution in [0.15, 0.2) is 22.8 Å². The number of amides is 1. The van der Waals surface area contributed by atoms with Gasteiger partial charge in [-0.05, 0) is 12.1 Å². The average molecular weight is 206 g/mol. The molecule has 1 rings (SSSR count). The van der Waals surface area contributed by atoms with Gasteiger partial charge in [0.05, 0.1) is 12.3 Å². The maximum atomic E-state index is 11.1. The van der Waals surface area contributed by atoms with Crippen molar-refractivity contribution >= 4 is 5.91 Å². The van der Waals surface area contributed by atoms with Crippen molar-refractivity contribution in [2.75, 3.05) is 6.54 Å². The second-order valence-electron chi connectivity index (χ2n) is 3.97. The molecule has 0 unspecified atom stereocenters. The SMILES string of the molecule is CC(C)(CNC(=O)CC#N)c1ccco1. The molecule has 0 saturated heterocycles. The average Bonchev–Trinajstić information content (AvgIpc) is 2.69. The van der Waals surface area contributed by atoms with Gasteiger partial charge in [-0.2, -0.15) is 5.26 Å². The van der Waals surface area contributed by atoms with Crippen molar-refractivity contribution in [3.05, 3.63) is 24.2 Å². The van der Waals surface area contributed by atoms with Gasteiger partial charge in [0, 0.05) is 12.0 Å². The van der Waals surface area contributed by atoms with Crippen LogP contribution in [0, 0.1) is 11.3 Å². The monoisotopic (exact) mass is 206 g/mol. The van der Waals surface area contributed by atoms with E-state index in [0.29, 0.717) is 6.54 Å². The van der Waals surface area contributed by atoms with Crippen LogP contribution in [-0.2, 0) is 10.2 Å². The highest BCUT2D eigenvalue weighted by atomic mass is 16.3. The van der Waals surface area contributed by atoms with E-state index in [1.807, 2.05) is 26.0 Å². The third-order valence-corrected chi connectivity index (χ3v) is 2.16. The van der Waals surface area contributed by atoms with Crippen LogP contribution in [0.2, 0.25) is 0 Å². The molecule has 15 heavy (non-hydrogen) atoms. The molecule has 0 atom stereocenters. The molecule has 4 heteroatoms. The molecule has 0 aliphatic carbocycles. The predicted molar refractivity (Wildman–Crippen MR) is 55.0 cm³/mol. The Morgan fingerprint density at radius 3 is 2.93 bits per heavy atom. The molecule has 0 aliphatic rings. The van der Waals surface area contributed by atoms with E-state index >= 15 is 0 Å². The number of nitrogens with one attached hydrogen (secondary N) is 1. The minimum atomic E-state index is -0.255. The Hall–Kier alpha value is -1.76. The van der Waals surface area contributed by atoms with Gasteiger partial charge in [0.2, 0.25) is 5.91 Å². The van der Waals surface area contributed by atoms with E-state index in [1.54, 1.807) is 12.3 Å². The van der Waals surface area contributed by atoms with E-state index in [9.17, 15) is 4.79 Å². The Labute approximate surface area is 88.9 Å². The van der Waals surface area contributed by atoms with E-state index in [-0.39, 0.29) is 17.7 Å². The van der Waals surface area contributed by atoms with Gasteiger partial charge in [0.15, 0.2) is 0 Å². The lowest BCUT2D eigenvalue weighted by Crippen LogP contribution is -2.36. The Morgan fingerprint density at radius 2 is 2.40 bits per heavy atom. The second kappa shape index (κ2) is 4.65. The number of hydrogen-bond donors (Lipinski definition) is 1. The topological polar surface area (TPSA) is 66.0 Å². The first-order valence-electron chi connectivity index (χ1n) is 4.74. The molecule has 0 bridgehead atoms. The van der Waals surface area contributed by atoms with Gasteiger partial charge in [-0.15, -0.1) is 0 Å². The van der Waals surface area contributed by atoms with Gasteiger partial charge in [-0.25, -0.2) is 0 Å². The molecule has 1 N–H and O–H groups in total. The van der Waals surface area contributed by atoms with Crippen molar-refractivity contribution in [1.82, 2.24) is 5.32 Å². The van der Waals surface area contributed by atoms with E-state index in [0.717, 1.165) is 5.76 Å². The van der Waals surface area contributed by atoms with Gasteiger partial charge >= 0.3 is 0 Å². The van der Waals surface area contributed by atoms with Gasteiger partial charge in [0.1, 0.15) is 12.2 Å². The van der Waals surface area contributed by atoms with Gasteiger partial charge < -0.3 is 9.73 Å². The first-order chi connectivity index (χ1) is 7.06. The zero-order chi connectivity index (χ0) is 11.3. The predicted octanol–water partition coefficient (Wildman–Crippen LogP) is 1.59. The van der Waals surface area contributed by atoms with E-state index in [1.165, 1.54) is 0 Å². The van der Waals surface area contributed by atoms with Crippen LogP contribution in [-0.4, -0.2) is 12.5 Å². The Balaban J connectivity index is 2.51. The first kappa shape index (κ1) is 11.3. The van der Waals surface area contributed by atoms with Crippen LogP contribution in [0.5, 0.6) is 0 Å². The van der Waals surface area contributed by atoms with Crippen molar-refractivity contribution in [3.63, 3.8) is 0 Å². The number of nitrogens with zero attached hydrogens (tertiary/aromatic N) is 1. The zero-order valence-electron chi connectivity index (χ0n) is 8.91. The van der Waals surface area contributed by atoms with Crippen molar-refractivity contribution in [2.24, 2.45) is 0 Å². The molecule has 1 aromatic heterocycles. The number of furan rings is 1. The summed E-state index contributed by atoms with van der Waals surface area (Å²) in [6.07, 6.45) is 1.50. The molecule has 1 aromatic rings. The third-order valence-electron chi connectivity index (χ3n) is 2.16. The number of carbonyl (C=O) groups excluding carboxylic acids is 1. The molecule has 80 valence electrons. The number of carbonyl (C=O) groups is 1. The maximum absolute atomic E-state index is 11.1. The summed E-state index contributed by atoms with van der Waals surface area (Å²) < 4.78 is 5.27. The molecule has 1 heterocycles. The minimum absolute atomic E-state index is 0.103. The van der Waals surface area contributed by atoms with Crippen LogP contribution in [0.4, 0.5) is 0 Å². The van der Waals surface area contributed by atoms with Crippen LogP contribution >= 0.6 is 0 Å². The molecule has 0 saturated carbocycles. The molecule has 4 nitrogen and oxygen atoms in total. The lowest BCUT2D eigenvalue weighted by molar-refractivity contribution is -0.120. The molecular formula is C11H14N2O2. The molecule has 1 amide bonds. The highest BCUT2D eigenvalue weighted by Gasteiger charge is 2.23. The number of hydrogen-bond acceptors (Lipinski definition) is 3. The van der Waals surface area contributed by atoms with Crippen LogP contribution in [0.1, 0.15) is 26.0 Å².